The molecule has 6 aromatic rings. The van der Waals surface area contributed by atoms with Gasteiger partial charge in [-0.2, -0.15) is 18.4 Å². The topological polar surface area (TPSA) is 105 Å². The van der Waals surface area contributed by atoms with Gasteiger partial charge in [0.1, 0.15) is 6.07 Å². The fraction of sp³-hybridized carbons (Fsp3) is 0.172. The lowest BCUT2D eigenvalue weighted by Crippen LogP contribution is -2.39. The summed E-state index contributed by atoms with van der Waals surface area (Å²) in [6.45, 7) is 1.25. The van der Waals surface area contributed by atoms with Crippen LogP contribution in [0.4, 0.5) is 13.2 Å². The minimum Gasteiger partial charge on any atom is -0.348 e. The van der Waals surface area contributed by atoms with Gasteiger partial charge in [-0.25, -0.2) is 14.6 Å². The first-order valence-electron chi connectivity index (χ1n) is 12.8. The molecule has 0 aliphatic rings. The third-order valence-corrected chi connectivity index (χ3v) is 7.06. The van der Waals surface area contributed by atoms with E-state index in [9.17, 15) is 28.0 Å². The van der Waals surface area contributed by atoms with Gasteiger partial charge in [-0.1, -0.05) is 36.4 Å². The number of nitriles is 1. The first-order chi connectivity index (χ1) is 20.2. The molecule has 0 saturated heterocycles. The molecule has 0 amide bonds. The molecular weight excluding hydrogens is 551 g/mol. The fourth-order valence-electron chi connectivity index (χ4n) is 5.24. The average Bonchev–Trinajstić information content (AvgIpc) is 3.74. The fourth-order valence-corrected chi connectivity index (χ4v) is 5.24. The number of para-hydroxylation sites is 2. The summed E-state index contributed by atoms with van der Waals surface area (Å²) in [6.07, 6.45) is 3.98. The summed E-state index contributed by atoms with van der Waals surface area (Å²) in [5, 5.41) is 11.5. The summed E-state index contributed by atoms with van der Waals surface area (Å²) >= 11 is 0. The molecule has 4 aromatic heterocycles. The SMILES string of the molecule is Cn1cc(-n2c(-c3cn(CCCn4ccnc4)c4ccccc34)c(C#N)n(OC(=O)C(F)(F)F)c2=O)c2ccccc21. The van der Waals surface area contributed by atoms with Crippen molar-refractivity contribution in [1.82, 2.24) is 28.0 Å². The number of rotatable bonds is 7. The van der Waals surface area contributed by atoms with Gasteiger partial charge in [0, 0.05) is 72.3 Å². The molecule has 0 bridgehead atoms. The number of carbonyl (C=O) groups is 1. The monoisotopic (exact) mass is 573 g/mol. The maximum atomic E-state index is 13.8. The largest absolute Gasteiger partial charge is 0.493 e. The summed E-state index contributed by atoms with van der Waals surface area (Å²) in [6, 6.07) is 16.3. The van der Waals surface area contributed by atoms with Crippen LogP contribution in [0.2, 0.25) is 0 Å². The van der Waals surface area contributed by atoms with Crippen molar-refractivity contribution in [3.8, 4) is 23.0 Å². The maximum absolute atomic E-state index is 13.8. The van der Waals surface area contributed by atoms with E-state index in [2.05, 4.69) is 9.82 Å². The van der Waals surface area contributed by atoms with Crippen molar-refractivity contribution in [1.29, 1.82) is 5.26 Å². The zero-order chi connectivity index (χ0) is 29.6. The van der Waals surface area contributed by atoms with Crippen LogP contribution >= 0.6 is 0 Å². The third-order valence-electron chi connectivity index (χ3n) is 7.06. The molecule has 42 heavy (non-hydrogen) atoms. The molecule has 212 valence electrons. The molecule has 0 radical (unpaired) electrons. The van der Waals surface area contributed by atoms with Gasteiger partial charge >= 0.3 is 17.8 Å². The molecular formula is C29H22F3N7O3. The summed E-state index contributed by atoms with van der Waals surface area (Å²) in [5.74, 6) is -2.62. The Morgan fingerprint density at radius 3 is 2.43 bits per heavy atom. The Morgan fingerprint density at radius 1 is 1.02 bits per heavy atom. The van der Waals surface area contributed by atoms with Crippen LogP contribution in [0.15, 0.2) is 84.4 Å². The Bertz CT molecular complexity index is 2050. The van der Waals surface area contributed by atoms with Crippen molar-refractivity contribution in [2.75, 3.05) is 0 Å². The lowest BCUT2D eigenvalue weighted by molar-refractivity contribution is -0.200. The van der Waals surface area contributed by atoms with E-state index in [0.717, 1.165) is 22.0 Å². The zero-order valence-corrected chi connectivity index (χ0v) is 22.1. The van der Waals surface area contributed by atoms with E-state index in [4.69, 9.17) is 0 Å². The second kappa shape index (κ2) is 10.2. The van der Waals surface area contributed by atoms with Gasteiger partial charge in [0.05, 0.1) is 17.7 Å². The van der Waals surface area contributed by atoms with Gasteiger partial charge in [-0.05, 0) is 18.6 Å². The number of aryl methyl sites for hydroxylation is 3. The second-order valence-electron chi connectivity index (χ2n) is 9.65. The van der Waals surface area contributed by atoms with E-state index >= 15 is 0 Å². The van der Waals surface area contributed by atoms with E-state index in [1.165, 1.54) is 0 Å². The second-order valence-corrected chi connectivity index (χ2v) is 9.65. The van der Waals surface area contributed by atoms with Gasteiger partial charge in [0.2, 0.25) is 0 Å². The van der Waals surface area contributed by atoms with E-state index in [-0.39, 0.29) is 10.4 Å². The summed E-state index contributed by atoms with van der Waals surface area (Å²) in [7, 11) is 1.76. The number of imidazole rings is 2. The lowest BCUT2D eigenvalue weighted by Gasteiger charge is -2.06. The number of benzene rings is 2. The van der Waals surface area contributed by atoms with Crippen molar-refractivity contribution >= 4 is 27.8 Å². The van der Waals surface area contributed by atoms with Crippen LogP contribution in [0.25, 0.3) is 38.8 Å². The van der Waals surface area contributed by atoms with Gasteiger partial charge in [-0.3, -0.25) is 4.57 Å². The molecule has 4 heterocycles. The number of fused-ring (bicyclic) bond motifs is 2. The highest BCUT2D eigenvalue weighted by atomic mass is 19.4. The molecule has 0 saturated carbocycles. The Balaban J connectivity index is 1.59. The number of halogens is 3. The van der Waals surface area contributed by atoms with Crippen LogP contribution in [0, 0.1) is 11.3 Å². The molecule has 2 aromatic carbocycles. The molecule has 0 unspecified atom stereocenters. The molecule has 10 nitrogen and oxygen atoms in total. The van der Waals surface area contributed by atoms with Gasteiger partial charge in [0.25, 0.3) is 0 Å². The predicted octanol–water partition coefficient (Wildman–Crippen LogP) is 4.43. The van der Waals surface area contributed by atoms with E-state index in [1.807, 2.05) is 45.7 Å². The third kappa shape index (κ3) is 4.43. The van der Waals surface area contributed by atoms with Crippen molar-refractivity contribution in [3.63, 3.8) is 0 Å². The number of nitrogens with zero attached hydrogens (tertiary/aromatic N) is 7. The normalized spacial score (nSPS) is 11.8. The Morgan fingerprint density at radius 2 is 1.74 bits per heavy atom. The van der Waals surface area contributed by atoms with Gasteiger partial charge in [-0.15, -0.1) is 4.73 Å². The Labute approximate surface area is 235 Å². The highest BCUT2D eigenvalue weighted by Crippen LogP contribution is 2.36. The Kier molecular flexibility index (Phi) is 6.45. The Hall–Kier alpha value is -5.51. The molecule has 13 heteroatoms. The summed E-state index contributed by atoms with van der Waals surface area (Å²) < 4.78 is 46.5. The predicted molar refractivity (Wildman–Crippen MR) is 147 cm³/mol. The molecule has 0 aliphatic heterocycles. The number of hydrogen-bond donors (Lipinski definition) is 0. The summed E-state index contributed by atoms with van der Waals surface area (Å²) in [4.78, 5) is 34.2. The molecule has 6 rings (SSSR count). The van der Waals surface area contributed by atoms with Crippen LogP contribution in [0.5, 0.6) is 0 Å². The van der Waals surface area contributed by atoms with Crippen LogP contribution in [0.3, 0.4) is 0 Å². The first-order valence-corrected chi connectivity index (χ1v) is 12.8. The van der Waals surface area contributed by atoms with Crippen molar-refractivity contribution in [2.24, 2.45) is 7.05 Å². The van der Waals surface area contributed by atoms with E-state index < -0.39 is 23.5 Å². The minimum atomic E-state index is -5.39. The highest BCUT2D eigenvalue weighted by molar-refractivity contribution is 5.98. The van der Waals surface area contributed by atoms with Crippen LogP contribution < -0.4 is 10.5 Å². The number of alkyl halides is 3. The zero-order valence-electron chi connectivity index (χ0n) is 22.1. The van der Waals surface area contributed by atoms with Gasteiger partial charge in [0.15, 0.2) is 5.69 Å². The van der Waals surface area contributed by atoms with E-state index in [1.54, 1.807) is 60.8 Å². The minimum absolute atomic E-state index is 0.00149. The molecule has 0 spiro atoms. The molecule has 0 atom stereocenters. The van der Waals surface area contributed by atoms with Crippen LogP contribution in [0.1, 0.15) is 12.1 Å². The highest BCUT2D eigenvalue weighted by Gasteiger charge is 2.43. The summed E-state index contributed by atoms with van der Waals surface area (Å²) in [5.41, 5.74) is 0.572. The maximum Gasteiger partial charge on any atom is 0.493 e. The number of aromatic nitrogens is 6. The lowest BCUT2D eigenvalue weighted by atomic mass is 10.1. The van der Waals surface area contributed by atoms with Crippen LogP contribution in [-0.4, -0.2) is 40.1 Å². The van der Waals surface area contributed by atoms with Crippen molar-refractivity contribution in [3.05, 3.63) is 95.8 Å². The molecule has 0 fully saturated rings. The van der Waals surface area contributed by atoms with Gasteiger partial charge < -0.3 is 18.5 Å². The van der Waals surface area contributed by atoms with Crippen molar-refractivity contribution < 1.29 is 22.8 Å². The standard InChI is InChI=1S/C29H22F3N7O3/c1-35-17-25(20-8-3-4-9-22(20)35)38-26(24(15-33)39(28(38)41)42-27(40)29(30,31)32)21-16-37(23-10-5-2-7-19(21)23)13-6-12-36-14-11-34-18-36/h2-5,7-11,14,16-18H,6,12-13H2,1H3. The first kappa shape index (κ1) is 26.7. The average molecular weight is 574 g/mol. The number of carbonyl (C=O) groups excluding carboxylic acids is 1. The molecule has 0 aliphatic carbocycles. The smallest absolute Gasteiger partial charge is 0.348 e. The molecule has 0 N–H and O–H groups in total. The number of hydrogen-bond acceptors (Lipinski definition) is 5. The quantitative estimate of drug-likeness (QED) is 0.281. The van der Waals surface area contributed by atoms with Crippen molar-refractivity contribution in [2.45, 2.75) is 25.7 Å². The van der Waals surface area contributed by atoms with Crippen LogP contribution in [-0.2, 0) is 24.9 Å². The van der Waals surface area contributed by atoms with E-state index in [0.29, 0.717) is 35.1 Å².